The summed E-state index contributed by atoms with van der Waals surface area (Å²) < 4.78 is 43.3. The maximum atomic E-state index is 13.5. The van der Waals surface area contributed by atoms with Gasteiger partial charge >= 0.3 is 12.8 Å². The van der Waals surface area contributed by atoms with E-state index in [1.54, 1.807) is 48.7 Å². The molecular formula is C25H26N5O8PS. The number of benzene rings is 1. The monoisotopic (exact) mass is 587 g/mol. The highest BCUT2D eigenvalue weighted by Crippen LogP contribution is 2.66. The fourth-order valence-corrected chi connectivity index (χ4v) is 7.81. The second kappa shape index (κ2) is 10.6. The van der Waals surface area contributed by atoms with Crippen molar-refractivity contribution in [2.24, 2.45) is 5.92 Å². The van der Waals surface area contributed by atoms with Crippen molar-refractivity contribution in [3.8, 4) is 17.1 Å². The van der Waals surface area contributed by atoms with Crippen molar-refractivity contribution in [1.82, 2.24) is 19.5 Å². The Hall–Kier alpha value is -3.26. The summed E-state index contributed by atoms with van der Waals surface area (Å²) in [6.07, 6.45) is 0.471. The molecule has 210 valence electrons. The number of carbonyl (C=O) groups excluding carboxylic acids is 1. The van der Waals surface area contributed by atoms with E-state index in [2.05, 4.69) is 15.0 Å². The van der Waals surface area contributed by atoms with E-state index in [9.17, 15) is 14.5 Å². The zero-order valence-electron chi connectivity index (χ0n) is 21.4. The molecule has 3 aromatic heterocycles. The van der Waals surface area contributed by atoms with E-state index < -0.39 is 31.3 Å². The van der Waals surface area contributed by atoms with Crippen LogP contribution in [0.4, 0.5) is 5.82 Å². The first-order valence-corrected chi connectivity index (χ1v) is 15.6. The highest BCUT2D eigenvalue weighted by Gasteiger charge is 2.53. The normalized spacial score (nSPS) is 26.3. The molecule has 4 aromatic rings. The molecule has 13 nitrogen and oxygen atoms in total. The lowest BCUT2D eigenvalue weighted by Crippen LogP contribution is -2.38. The largest absolute Gasteiger partial charge is 0.472 e. The smallest absolute Gasteiger partial charge is 0.389 e. The molecule has 5 atom stereocenters. The predicted octanol–water partition coefficient (Wildman–Crippen LogP) is 3.95. The molecule has 6 rings (SSSR count). The number of furan rings is 1. The van der Waals surface area contributed by atoms with E-state index in [1.165, 1.54) is 18.9 Å². The lowest BCUT2D eigenvalue weighted by molar-refractivity contribution is -0.137. The number of aliphatic hydroxyl groups is 1. The molecule has 40 heavy (non-hydrogen) atoms. The van der Waals surface area contributed by atoms with Gasteiger partial charge in [0.05, 0.1) is 24.4 Å². The van der Waals surface area contributed by atoms with Crippen molar-refractivity contribution < 1.29 is 37.4 Å². The van der Waals surface area contributed by atoms with E-state index in [0.29, 0.717) is 34.1 Å². The third kappa shape index (κ3) is 5.02. The number of hydrogen-bond donors (Lipinski definition) is 2. The molecule has 0 bridgehead atoms. The van der Waals surface area contributed by atoms with Crippen LogP contribution in [0.2, 0.25) is 0 Å². The van der Waals surface area contributed by atoms with Gasteiger partial charge in [0.1, 0.15) is 42.5 Å². The molecule has 0 radical (unpaired) electrons. The molecule has 0 spiro atoms. The average Bonchev–Trinajstić information content (AvgIpc) is 3.67. The third-order valence-corrected chi connectivity index (χ3v) is 10.2. The quantitative estimate of drug-likeness (QED) is 0.181. The maximum Gasteiger partial charge on any atom is 0.389 e. The van der Waals surface area contributed by atoms with Crippen molar-refractivity contribution in [2.45, 2.75) is 44.1 Å². The number of hydrogen-bond acceptors (Lipinski definition) is 13. The number of imidazole rings is 1. The Morgan fingerprint density at radius 1 is 1.27 bits per heavy atom. The second-order valence-electron chi connectivity index (χ2n) is 9.61. The van der Waals surface area contributed by atoms with Gasteiger partial charge in [-0.15, -0.1) is 0 Å². The molecule has 3 unspecified atom stereocenters. The lowest BCUT2D eigenvalue weighted by Gasteiger charge is -2.31. The number of carbonyl (C=O) groups is 1. The van der Waals surface area contributed by atoms with Gasteiger partial charge in [0.2, 0.25) is 0 Å². The summed E-state index contributed by atoms with van der Waals surface area (Å²) in [5.41, 5.74) is 8.18. The number of rotatable bonds is 7. The number of ether oxygens (including phenoxy) is 2. The average molecular weight is 588 g/mol. The number of aliphatic hydroxyl groups excluding tert-OH is 1. The SMILES string of the molecule is CC(C)C(=O)Oc1ccc(CSP2(=O)OC[C@H]3O[C@@H](n4c(-c5ccoc5)nc5c(N)ncnc54)C(O)C3O2)cc1. The van der Waals surface area contributed by atoms with Gasteiger partial charge in [-0.1, -0.05) is 26.0 Å². The van der Waals surface area contributed by atoms with Crippen molar-refractivity contribution in [3.05, 3.63) is 54.7 Å². The van der Waals surface area contributed by atoms with E-state index in [4.69, 9.17) is 28.7 Å². The van der Waals surface area contributed by atoms with Gasteiger partial charge in [0, 0.05) is 5.75 Å². The Bertz CT molecular complexity index is 1580. The summed E-state index contributed by atoms with van der Waals surface area (Å²) in [7, 11) is 0. The predicted molar refractivity (Wildman–Crippen MR) is 144 cm³/mol. The Labute approximate surface area is 232 Å². The van der Waals surface area contributed by atoms with Gasteiger partial charge in [-0.2, -0.15) is 0 Å². The van der Waals surface area contributed by atoms with Crippen molar-refractivity contribution in [1.29, 1.82) is 0 Å². The highest BCUT2D eigenvalue weighted by atomic mass is 32.7. The molecule has 2 saturated heterocycles. The molecule has 2 fully saturated rings. The van der Waals surface area contributed by atoms with Crippen LogP contribution >= 0.6 is 18.2 Å². The molecule has 3 N–H and O–H groups in total. The van der Waals surface area contributed by atoms with Gasteiger partial charge in [0.15, 0.2) is 23.2 Å². The van der Waals surface area contributed by atoms with E-state index in [1.807, 2.05) is 0 Å². The van der Waals surface area contributed by atoms with Crippen molar-refractivity contribution in [3.63, 3.8) is 0 Å². The van der Waals surface area contributed by atoms with Crippen LogP contribution in [0.3, 0.4) is 0 Å². The molecule has 1 aromatic carbocycles. The zero-order chi connectivity index (χ0) is 28.0. The van der Waals surface area contributed by atoms with Crippen LogP contribution in [-0.2, 0) is 28.9 Å². The Balaban J connectivity index is 1.18. The summed E-state index contributed by atoms with van der Waals surface area (Å²) in [6, 6.07) is 8.60. The summed E-state index contributed by atoms with van der Waals surface area (Å²) in [5, 5.41) is 11.3. The van der Waals surface area contributed by atoms with E-state index in [-0.39, 0.29) is 24.3 Å². The molecule has 2 aliphatic heterocycles. The minimum Gasteiger partial charge on any atom is -0.472 e. The fraction of sp³-hybridized carbons (Fsp3) is 0.360. The molecule has 0 aliphatic carbocycles. The van der Waals surface area contributed by atoms with Gasteiger partial charge < -0.3 is 24.7 Å². The van der Waals surface area contributed by atoms with Crippen LogP contribution in [0, 0.1) is 5.92 Å². The fourth-order valence-electron chi connectivity index (χ4n) is 4.41. The Morgan fingerprint density at radius 2 is 2.08 bits per heavy atom. The number of nitrogen functional groups attached to an aromatic ring is 1. The first-order valence-electron chi connectivity index (χ1n) is 12.4. The summed E-state index contributed by atoms with van der Waals surface area (Å²) in [6.45, 7) is -0.175. The highest BCUT2D eigenvalue weighted by molar-refractivity contribution is 8.54. The van der Waals surface area contributed by atoms with Crippen LogP contribution in [-0.4, -0.2) is 55.5 Å². The summed E-state index contributed by atoms with van der Waals surface area (Å²) in [5.74, 6) is 0.746. The molecule has 2 aliphatic rings. The summed E-state index contributed by atoms with van der Waals surface area (Å²) >= 11 is 1.00. The first kappa shape index (κ1) is 26.9. The van der Waals surface area contributed by atoms with Crippen LogP contribution in [0.5, 0.6) is 5.75 Å². The van der Waals surface area contributed by atoms with Crippen LogP contribution in [0.25, 0.3) is 22.6 Å². The molecule has 5 heterocycles. The molecule has 0 amide bonds. The standard InChI is InChI=1S/C25H26N5O8PS/c1-13(2)25(32)36-16-5-3-14(4-6-16)11-40-39(33)35-10-17-20(38-39)19(31)24(37-17)30-22(15-7-8-34-9-15)29-18-21(26)27-12-28-23(18)30/h3-9,12-13,17,19-20,24,31H,10-11H2,1-2H3,(H2,26,27,28)/t17-,19?,20?,24-,39?/m1/s1. The van der Waals surface area contributed by atoms with Crippen LogP contribution in [0.1, 0.15) is 25.6 Å². The molecule has 0 saturated carbocycles. The van der Waals surface area contributed by atoms with Gasteiger partial charge in [-0.3, -0.25) is 18.4 Å². The van der Waals surface area contributed by atoms with E-state index in [0.717, 1.165) is 16.9 Å². The number of esters is 1. The number of nitrogens with zero attached hydrogens (tertiary/aromatic N) is 4. The number of fused-ring (bicyclic) bond motifs is 2. The molecular weight excluding hydrogens is 561 g/mol. The van der Waals surface area contributed by atoms with Crippen LogP contribution in [0.15, 0.2) is 53.6 Å². The lowest BCUT2D eigenvalue weighted by atomic mass is 10.1. The first-order chi connectivity index (χ1) is 19.2. The minimum atomic E-state index is -3.65. The maximum absolute atomic E-state index is 13.5. The number of aromatic nitrogens is 4. The third-order valence-electron chi connectivity index (χ3n) is 6.50. The van der Waals surface area contributed by atoms with Crippen molar-refractivity contribution >= 4 is 41.1 Å². The second-order valence-corrected chi connectivity index (χ2v) is 13.6. The van der Waals surface area contributed by atoms with Crippen LogP contribution < -0.4 is 10.5 Å². The van der Waals surface area contributed by atoms with Gasteiger partial charge in [-0.25, -0.2) is 19.5 Å². The molecule has 15 heteroatoms. The Kier molecular flexibility index (Phi) is 7.15. The van der Waals surface area contributed by atoms with Crippen molar-refractivity contribution in [2.75, 3.05) is 12.3 Å². The Morgan fingerprint density at radius 3 is 2.80 bits per heavy atom. The zero-order valence-corrected chi connectivity index (χ0v) is 23.2. The van der Waals surface area contributed by atoms with E-state index >= 15 is 0 Å². The summed E-state index contributed by atoms with van der Waals surface area (Å²) in [4.78, 5) is 24.7. The number of nitrogens with two attached hydrogens (primary N) is 1. The topological polar surface area (TPSA) is 174 Å². The van der Waals surface area contributed by atoms with Gasteiger partial charge in [-0.05, 0) is 35.1 Å². The number of anilines is 1. The van der Waals surface area contributed by atoms with Gasteiger partial charge in [0.25, 0.3) is 0 Å². The minimum absolute atomic E-state index is 0.0443.